The number of morpholine rings is 1. The smallest absolute Gasteiger partial charge is 0.295 e. The van der Waals surface area contributed by atoms with Crippen molar-refractivity contribution in [1.29, 1.82) is 0 Å². The average molecular weight is 487 g/mol. The number of nitrogens with zero attached hydrogens (tertiary/aromatic N) is 1. The van der Waals surface area contributed by atoms with Crippen molar-refractivity contribution in [3.8, 4) is 5.75 Å². The van der Waals surface area contributed by atoms with Crippen LogP contribution in [0.15, 0.2) is 58.6 Å². The summed E-state index contributed by atoms with van der Waals surface area (Å²) >= 11 is 3.35. The third kappa shape index (κ3) is 4.51. The Morgan fingerprint density at radius 1 is 1.16 bits per heavy atom. The molecule has 0 aromatic heterocycles. The maximum absolute atomic E-state index is 13.0. The van der Waals surface area contributed by atoms with E-state index < -0.39 is 17.7 Å². The number of ether oxygens (including phenoxy) is 1. The number of ketones is 1. The first-order valence-electron chi connectivity index (χ1n) is 10.2. The maximum atomic E-state index is 13.0. The van der Waals surface area contributed by atoms with E-state index in [0.717, 1.165) is 17.6 Å². The van der Waals surface area contributed by atoms with Crippen LogP contribution in [0, 0.1) is 0 Å². The van der Waals surface area contributed by atoms with Crippen LogP contribution in [0.4, 0.5) is 0 Å². The summed E-state index contributed by atoms with van der Waals surface area (Å²) in [6.45, 7) is 4.00. The first kappa shape index (κ1) is 21.5. The van der Waals surface area contributed by atoms with Crippen LogP contribution in [0.2, 0.25) is 0 Å². The first-order valence-corrected chi connectivity index (χ1v) is 11.0. The van der Waals surface area contributed by atoms with Crippen LogP contribution in [-0.4, -0.2) is 61.1 Å². The van der Waals surface area contributed by atoms with Gasteiger partial charge in [0.05, 0.1) is 37.9 Å². The number of quaternary nitrogens is 1. The van der Waals surface area contributed by atoms with E-state index in [0.29, 0.717) is 37.4 Å². The van der Waals surface area contributed by atoms with E-state index in [-0.39, 0.29) is 17.1 Å². The lowest BCUT2D eigenvalue weighted by Crippen LogP contribution is -3.14. The summed E-state index contributed by atoms with van der Waals surface area (Å²) in [6, 6.07) is 12.2. The van der Waals surface area contributed by atoms with Crippen molar-refractivity contribution in [2.75, 3.05) is 39.4 Å². The van der Waals surface area contributed by atoms with Gasteiger partial charge in [0.25, 0.3) is 11.7 Å². The number of halogens is 1. The van der Waals surface area contributed by atoms with Crippen LogP contribution in [0.25, 0.3) is 5.76 Å². The number of hydrogen-bond acceptors (Lipinski definition) is 5. The van der Waals surface area contributed by atoms with Crippen molar-refractivity contribution >= 4 is 33.4 Å². The van der Waals surface area contributed by atoms with Crippen LogP contribution >= 0.6 is 15.9 Å². The molecule has 2 fully saturated rings. The molecule has 2 aromatic carbocycles. The molecule has 0 saturated carbocycles. The Labute approximate surface area is 188 Å². The zero-order valence-corrected chi connectivity index (χ0v) is 18.4. The Morgan fingerprint density at radius 2 is 1.87 bits per heavy atom. The van der Waals surface area contributed by atoms with Gasteiger partial charge in [-0.25, -0.2) is 0 Å². The molecule has 0 spiro atoms. The van der Waals surface area contributed by atoms with Crippen molar-refractivity contribution in [3.63, 3.8) is 0 Å². The number of aliphatic hydroxyl groups excluding tert-OH is 1. The molecule has 1 amide bonds. The van der Waals surface area contributed by atoms with E-state index in [4.69, 9.17) is 4.74 Å². The highest BCUT2D eigenvalue weighted by atomic mass is 79.9. The Bertz CT molecular complexity index is 1010. The molecule has 4 rings (SSSR count). The molecule has 8 heteroatoms. The van der Waals surface area contributed by atoms with Crippen molar-refractivity contribution in [3.05, 3.63) is 69.7 Å². The fourth-order valence-electron chi connectivity index (χ4n) is 4.09. The van der Waals surface area contributed by atoms with Crippen LogP contribution in [0.1, 0.15) is 17.2 Å². The first-order chi connectivity index (χ1) is 15.0. The van der Waals surface area contributed by atoms with Crippen LogP contribution in [0.3, 0.4) is 0 Å². The fourth-order valence-corrected chi connectivity index (χ4v) is 4.36. The molecular formula is C23H23BrN2O5. The van der Waals surface area contributed by atoms with Crippen molar-refractivity contribution in [2.24, 2.45) is 0 Å². The third-order valence-corrected chi connectivity index (χ3v) is 6.27. The molecule has 7 nitrogen and oxygen atoms in total. The SMILES string of the molecule is O=C1C(=O)N(CC[NH+]2CCOCC2)C(c2cccc([O-])c2)/C1=C(/O)c1ccc(Br)cc1. The summed E-state index contributed by atoms with van der Waals surface area (Å²) in [5.41, 5.74) is 0.959. The lowest BCUT2D eigenvalue weighted by atomic mass is 9.95. The number of nitrogens with one attached hydrogen (secondary N) is 1. The van der Waals surface area contributed by atoms with Crippen molar-refractivity contribution < 1.29 is 29.4 Å². The minimum Gasteiger partial charge on any atom is -0.872 e. The molecule has 31 heavy (non-hydrogen) atoms. The lowest BCUT2D eigenvalue weighted by Gasteiger charge is -2.29. The van der Waals surface area contributed by atoms with Gasteiger partial charge < -0.3 is 24.7 Å². The highest BCUT2D eigenvalue weighted by Crippen LogP contribution is 2.39. The monoisotopic (exact) mass is 486 g/mol. The van der Waals surface area contributed by atoms with Gasteiger partial charge in [0.1, 0.15) is 18.8 Å². The molecule has 0 aliphatic carbocycles. The molecule has 2 aliphatic heterocycles. The fraction of sp³-hybridized carbons (Fsp3) is 0.304. The number of Topliss-reactive ketones (excluding diaryl/α,β-unsaturated/α-hetero) is 1. The Morgan fingerprint density at radius 3 is 2.55 bits per heavy atom. The van der Waals surface area contributed by atoms with Gasteiger partial charge in [0, 0.05) is 10.0 Å². The normalized spacial score (nSPS) is 21.6. The summed E-state index contributed by atoms with van der Waals surface area (Å²) in [5, 5.41) is 23.0. The van der Waals surface area contributed by atoms with Crippen molar-refractivity contribution in [1.82, 2.24) is 4.90 Å². The number of likely N-dealkylation sites (tertiary alicyclic amines) is 1. The molecule has 1 unspecified atom stereocenters. The Hall–Kier alpha value is -2.68. The number of carbonyl (C=O) groups excluding carboxylic acids is 2. The maximum Gasteiger partial charge on any atom is 0.295 e. The van der Waals surface area contributed by atoms with E-state index in [9.17, 15) is 19.8 Å². The number of amides is 1. The molecule has 2 heterocycles. The largest absolute Gasteiger partial charge is 0.872 e. The molecule has 0 radical (unpaired) electrons. The second-order valence-corrected chi connectivity index (χ2v) is 8.60. The predicted molar refractivity (Wildman–Crippen MR) is 115 cm³/mol. The zero-order chi connectivity index (χ0) is 22.0. The van der Waals surface area contributed by atoms with E-state index in [1.807, 2.05) is 0 Å². The summed E-state index contributed by atoms with van der Waals surface area (Å²) in [5.74, 6) is -1.86. The zero-order valence-electron chi connectivity index (χ0n) is 16.8. The molecule has 2 N–H and O–H groups in total. The van der Waals surface area contributed by atoms with E-state index in [1.165, 1.54) is 21.9 Å². The van der Waals surface area contributed by atoms with E-state index in [2.05, 4.69) is 15.9 Å². The van der Waals surface area contributed by atoms with Crippen LogP contribution in [0.5, 0.6) is 5.75 Å². The summed E-state index contributed by atoms with van der Waals surface area (Å²) < 4.78 is 6.21. The van der Waals surface area contributed by atoms with Crippen LogP contribution in [-0.2, 0) is 14.3 Å². The Kier molecular flexibility index (Phi) is 6.41. The number of benzene rings is 2. The minimum absolute atomic E-state index is 0.00917. The second-order valence-electron chi connectivity index (χ2n) is 7.68. The van der Waals surface area contributed by atoms with E-state index >= 15 is 0 Å². The highest BCUT2D eigenvalue weighted by Gasteiger charge is 2.46. The summed E-state index contributed by atoms with van der Waals surface area (Å²) in [6.07, 6.45) is 0. The third-order valence-electron chi connectivity index (χ3n) is 5.74. The molecule has 1 atom stereocenters. The second kappa shape index (κ2) is 9.21. The number of aliphatic hydroxyl groups is 1. The van der Waals surface area contributed by atoms with Gasteiger partial charge in [-0.3, -0.25) is 9.59 Å². The molecule has 0 bridgehead atoms. The lowest BCUT2D eigenvalue weighted by molar-refractivity contribution is -0.907. The van der Waals surface area contributed by atoms with Crippen molar-refractivity contribution in [2.45, 2.75) is 6.04 Å². The van der Waals surface area contributed by atoms with E-state index in [1.54, 1.807) is 36.4 Å². The summed E-state index contributed by atoms with van der Waals surface area (Å²) in [7, 11) is 0. The molecule has 2 saturated heterocycles. The standard InChI is InChI=1S/C23H23BrN2O5/c24-17-6-4-15(5-7-17)21(28)19-20(16-2-1-3-18(27)14-16)26(23(30)22(19)29)9-8-25-10-12-31-13-11-25/h1-7,14,20,27-28H,8-13H2/b21-19-. The number of carbonyl (C=O) groups is 2. The minimum atomic E-state index is -0.807. The van der Waals surface area contributed by atoms with Gasteiger partial charge in [-0.15, -0.1) is 5.75 Å². The van der Waals surface area contributed by atoms with Crippen LogP contribution < -0.4 is 10.0 Å². The molecule has 2 aromatic rings. The van der Waals surface area contributed by atoms with Gasteiger partial charge in [0.15, 0.2) is 0 Å². The molecule has 162 valence electrons. The predicted octanol–water partition coefficient (Wildman–Crippen LogP) is 0.860. The topological polar surface area (TPSA) is 94.3 Å². The van der Waals surface area contributed by atoms with Gasteiger partial charge in [0.2, 0.25) is 0 Å². The summed E-state index contributed by atoms with van der Waals surface area (Å²) in [4.78, 5) is 28.7. The average Bonchev–Trinajstić information content (AvgIpc) is 3.03. The van der Waals surface area contributed by atoms with Gasteiger partial charge in [-0.05, 0) is 17.7 Å². The van der Waals surface area contributed by atoms with Gasteiger partial charge >= 0.3 is 0 Å². The highest BCUT2D eigenvalue weighted by molar-refractivity contribution is 9.10. The number of rotatable bonds is 5. The Balaban J connectivity index is 1.73. The van der Waals surface area contributed by atoms with Gasteiger partial charge in [-0.1, -0.05) is 52.3 Å². The number of hydrogen-bond donors (Lipinski definition) is 2. The molecule has 2 aliphatic rings. The van der Waals surface area contributed by atoms with Gasteiger partial charge in [-0.2, -0.15) is 0 Å². The quantitative estimate of drug-likeness (QED) is 0.371. The molecular weight excluding hydrogens is 464 g/mol.